The van der Waals surface area contributed by atoms with Crippen LogP contribution in [-0.2, 0) is 6.42 Å². The van der Waals surface area contributed by atoms with Crippen molar-refractivity contribution in [3.63, 3.8) is 0 Å². The van der Waals surface area contributed by atoms with Crippen molar-refractivity contribution in [1.82, 2.24) is 5.32 Å². The lowest BCUT2D eigenvalue weighted by molar-refractivity contribution is 0.174. The summed E-state index contributed by atoms with van der Waals surface area (Å²) < 4.78 is 10.7. The predicted molar refractivity (Wildman–Crippen MR) is 72.1 cm³/mol. The Hall–Kier alpha value is -1.26. The van der Waals surface area contributed by atoms with Gasteiger partial charge < -0.3 is 20.5 Å². The van der Waals surface area contributed by atoms with Crippen molar-refractivity contribution in [1.29, 1.82) is 0 Å². The summed E-state index contributed by atoms with van der Waals surface area (Å²) in [5, 5.41) is 3.41. The monoisotopic (exact) mass is 250 g/mol. The molecule has 0 fully saturated rings. The highest BCUT2D eigenvalue weighted by Crippen LogP contribution is 2.34. The summed E-state index contributed by atoms with van der Waals surface area (Å²) in [7, 11) is 0. The Bertz CT molecular complexity index is 405. The van der Waals surface area contributed by atoms with Gasteiger partial charge in [0.2, 0.25) is 6.79 Å². The molecule has 1 atom stereocenters. The average Bonchev–Trinajstić information content (AvgIpc) is 2.75. The molecule has 0 spiro atoms. The van der Waals surface area contributed by atoms with Crippen LogP contribution in [0.2, 0.25) is 0 Å². The number of fused-ring (bicyclic) bond motifs is 1. The second-order valence-corrected chi connectivity index (χ2v) is 4.90. The van der Waals surface area contributed by atoms with E-state index in [1.54, 1.807) is 0 Å². The average molecular weight is 250 g/mol. The number of benzene rings is 1. The normalized spacial score (nSPS) is 14.8. The van der Waals surface area contributed by atoms with Gasteiger partial charge in [0.25, 0.3) is 0 Å². The maximum atomic E-state index is 5.70. The van der Waals surface area contributed by atoms with E-state index < -0.39 is 0 Å². The van der Waals surface area contributed by atoms with Crippen molar-refractivity contribution in [3.05, 3.63) is 23.3 Å². The van der Waals surface area contributed by atoms with Crippen LogP contribution in [0.3, 0.4) is 0 Å². The molecule has 3 N–H and O–H groups in total. The van der Waals surface area contributed by atoms with Crippen LogP contribution < -0.4 is 20.5 Å². The van der Waals surface area contributed by atoms with E-state index in [1.807, 2.05) is 6.92 Å². The Morgan fingerprint density at radius 1 is 1.28 bits per heavy atom. The number of nitrogens with one attached hydrogen (secondary N) is 1. The molecule has 0 saturated heterocycles. The Balaban J connectivity index is 1.82. The van der Waals surface area contributed by atoms with Gasteiger partial charge in [0.05, 0.1) is 0 Å². The number of ether oxygens (including phenoxy) is 2. The molecule has 0 bridgehead atoms. The maximum absolute atomic E-state index is 5.70. The zero-order valence-electron chi connectivity index (χ0n) is 11.2. The van der Waals surface area contributed by atoms with Crippen LogP contribution in [0.5, 0.6) is 11.5 Å². The molecular weight excluding hydrogens is 228 g/mol. The predicted octanol–water partition coefficient (Wildman–Crippen LogP) is 1.59. The Morgan fingerprint density at radius 3 is 2.72 bits per heavy atom. The molecule has 1 aromatic rings. The minimum atomic E-state index is 0.268. The highest BCUT2D eigenvalue weighted by Gasteiger charge is 2.15. The first-order valence-corrected chi connectivity index (χ1v) is 6.52. The molecule has 100 valence electrons. The first-order valence-electron chi connectivity index (χ1n) is 6.52. The van der Waals surface area contributed by atoms with E-state index in [9.17, 15) is 0 Å². The van der Waals surface area contributed by atoms with Crippen LogP contribution in [0.1, 0.15) is 24.5 Å². The maximum Gasteiger partial charge on any atom is 0.231 e. The van der Waals surface area contributed by atoms with E-state index in [0.717, 1.165) is 37.4 Å². The zero-order valence-corrected chi connectivity index (χ0v) is 11.2. The second kappa shape index (κ2) is 6.07. The fourth-order valence-electron chi connectivity index (χ4n) is 2.03. The summed E-state index contributed by atoms with van der Waals surface area (Å²) in [5.74, 6) is 1.73. The second-order valence-electron chi connectivity index (χ2n) is 4.90. The molecule has 4 heteroatoms. The van der Waals surface area contributed by atoms with Crippen LogP contribution in [0.4, 0.5) is 0 Å². The van der Waals surface area contributed by atoms with E-state index in [-0.39, 0.29) is 6.04 Å². The molecule has 2 rings (SSSR count). The molecule has 18 heavy (non-hydrogen) atoms. The van der Waals surface area contributed by atoms with Crippen molar-refractivity contribution in [3.8, 4) is 11.5 Å². The Labute approximate surface area is 108 Å². The van der Waals surface area contributed by atoms with E-state index >= 15 is 0 Å². The minimum absolute atomic E-state index is 0.268. The molecule has 0 aliphatic carbocycles. The lowest BCUT2D eigenvalue weighted by Crippen LogP contribution is -2.25. The first kappa shape index (κ1) is 13.2. The van der Waals surface area contributed by atoms with Gasteiger partial charge in [-0.2, -0.15) is 0 Å². The van der Waals surface area contributed by atoms with Crippen molar-refractivity contribution in [2.24, 2.45) is 5.73 Å². The molecule has 1 unspecified atom stereocenters. The fourth-order valence-corrected chi connectivity index (χ4v) is 2.03. The molecular formula is C14H22N2O2. The molecule has 1 aliphatic heterocycles. The van der Waals surface area contributed by atoms with E-state index in [0.29, 0.717) is 6.79 Å². The molecule has 1 heterocycles. The molecule has 0 amide bonds. The third-order valence-electron chi connectivity index (χ3n) is 3.18. The van der Waals surface area contributed by atoms with Crippen molar-refractivity contribution < 1.29 is 9.47 Å². The quantitative estimate of drug-likeness (QED) is 0.753. The Kier molecular flexibility index (Phi) is 4.44. The van der Waals surface area contributed by atoms with E-state index in [2.05, 4.69) is 24.4 Å². The first-order chi connectivity index (χ1) is 8.66. The summed E-state index contributed by atoms with van der Waals surface area (Å²) in [4.78, 5) is 0. The molecule has 1 aliphatic rings. The number of rotatable bonds is 6. The van der Waals surface area contributed by atoms with Crippen LogP contribution in [0, 0.1) is 6.92 Å². The van der Waals surface area contributed by atoms with Crippen LogP contribution in [0.15, 0.2) is 12.1 Å². The van der Waals surface area contributed by atoms with Crippen LogP contribution in [-0.4, -0.2) is 25.9 Å². The van der Waals surface area contributed by atoms with Gasteiger partial charge in [-0.25, -0.2) is 0 Å². The van der Waals surface area contributed by atoms with Crippen molar-refractivity contribution in [2.45, 2.75) is 32.7 Å². The highest BCUT2D eigenvalue weighted by atomic mass is 16.7. The molecule has 0 saturated carbocycles. The standard InChI is InChI=1S/C14H22N2O2/c1-10-7-13-14(18-9-17-13)8-12(10)4-6-16-5-3-11(2)15/h7-8,11,16H,3-6,9,15H2,1-2H3. The van der Waals surface area contributed by atoms with Crippen molar-refractivity contribution >= 4 is 0 Å². The SMILES string of the molecule is Cc1cc2c(cc1CCNCCC(C)N)OCO2. The van der Waals surface area contributed by atoms with E-state index in [1.165, 1.54) is 11.1 Å². The molecule has 0 radical (unpaired) electrons. The number of hydrogen-bond acceptors (Lipinski definition) is 4. The topological polar surface area (TPSA) is 56.5 Å². The molecule has 4 nitrogen and oxygen atoms in total. The van der Waals surface area contributed by atoms with Gasteiger partial charge in [0.1, 0.15) is 0 Å². The third kappa shape index (κ3) is 3.37. The number of nitrogens with two attached hydrogens (primary N) is 1. The van der Waals surface area contributed by atoms with Gasteiger partial charge in [-0.3, -0.25) is 0 Å². The van der Waals surface area contributed by atoms with Crippen LogP contribution in [0.25, 0.3) is 0 Å². The lowest BCUT2D eigenvalue weighted by atomic mass is 10.0. The van der Waals surface area contributed by atoms with Gasteiger partial charge in [-0.1, -0.05) is 0 Å². The Morgan fingerprint density at radius 2 is 2.00 bits per heavy atom. The largest absolute Gasteiger partial charge is 0.454 e. The summed E-state index contributed by atoms with van der Waals surface area (Å²) >= 11 is 0. The van der Waals surface area contributed by atoms with Gasteiger partial charge in [0.15, 0.2) is 11.5 Å². The smallest absolute Gasteiger partial charge is 0.231 e. The summed E-state index contributed by atoms with van der Waals surface area (Å²) in [6.07, 6.45) is 2.02. The van der Waals surface area contributed by atoms with Gasteiger partial charge in [-0.05, 0) is 63.0 Å². The number of aryl methyl sites for hydroxylation is 1. The fraction of sp³-hybridized carbons (Fsp3) is 0.571. The lowest BCUT2D eigenvalue weighted by Gasteiger charge is -2.09. The molecule has 0 aromatic heterocycles. The summed E-state index contributed by atoms with van der Waals surface area (Å²) in [6, 6.07) is 4.41. The van der Waals surface area contributed by atoms with Crippen molar-refractivity contribution in [2.75, 3.05) is 19.9 Å². The van der Waals surface area contributed by atoms with E-state index in [4.69, 9.17) is 15.2 Å². The zero-order chi connectivity index (χ0) is 13.0. The van der Waals surface area contributed by atoms with Crippen LogP contribution >= 0.6 is 0 Å². The summed E-state index contributed by atoms with van der Waals surface area (Å²) in [5.41, 5.74) is 8.27. The van der Waals surface area contributed by atoms with Gasteiger partial charge >= 0.3 is 0 Å². The van der Waals surface area contributed by atoms with Gasteiger partial charge in [0, 0.05) is 6.04 Å². The number of hydrogen-bond donors (Lipinski definition) is 2. The molecule has 1 aromatic carbocycles. The highest BCUT2D eigenvalue weighted by molar-refractivity contribution is 5.48. The van der Waals surface area contributed by atoms with Gasteiger partial charge in [-0.15, -0.1) is 0 Å². The third-order valence-corrected chi connectivity index (χ3v) is 3.18. The summed E-state index contributed by atoms with van der Waals surface area (Å²) in [6.45, 7) is 6.42. The minimum Gasteiger partial charge on any atom is -0.454 e.